The Morgan fingerprint density at radius 3 is 3.00 bits per heavy atom. The van der Waals surface area contributed by atoms with Crippen LogP contribution in [0.1, 0.15) is 17.3 Å². The summed E-state index contributed by atoms with van der Waals surface area (Å²) < 4.78 is 4.94. The van der Waals surface area contributed by atoms with Gasteiger partial charge in [-0.2, -0.15) is 0 Å². The number of esters is 1. The number of nitrogens with zero attached hydrogens (tertiary/aromatic N) is 2. The second kappa shape index (κ2) is 6.21. The van der Waals surface area contributed by atoms with E-state index in [2.05, 4.69) is 15.3 Å². The number of nitrogen functional groups attached to an aromatic ring is 1. The van der Waals surface area contributed by atoms with Gasteiger partial charge in [-0.05, 0) is 25.1 Å². The third-order valence-electron chi connectivity index (χ3n) is 2.47. The molecule has 0 amide bonds. The first-order chi connectivity index (χ1) is 9.61. The maximum Gasteiger partial charge on any atom is 0.338 e. The van der Waals surface area contributed by atoms with Crippen molar-refractivity contribution in [3.63, 3.8) is 0 Å². The van der Waals surface area contributed by atoms with E-state index in [0.717, 1.165) is 0 Å². The number of nitrogens with two attached hydrogens (primary N) is 1. The fourth-order valence-electron chi connectivity index (χ4n) is 1.55. The Morgan fingerprint density at radius 2 is 2.25 bits per heavy atom. The minimum atomic E-state index is -0.384. The largest absolute Gasteiger partial charge is 0.462 e. The molecule has 0 radical (unpaired) electrons. The Labute approximate surface area is 120 Å². The fraction of sp³-hybridized carbons (Fsp3) is 0.154. The zero-order chi connectivity index (χ0) is 14.5. The molecule has 0 atom stereocenters. The summed E-state index contributed by atoms with van der Waals surface area (Å²) in [4.78, 5) is 19.4. The molecule has 2 aromatic rings. The molecule has 7 heteroatoms. The number of benzene rings is 1. The van der Waals surface area contributed by atoms with Gasteiger partial charge in [-0.1, -0.05) is 17.7 Å². The highest BCUT2D eigenvalue weighted by Gasteiger charge is 2.09. The molecule has 0 saturated heterocycles. The fourth-order valence-corrected chi connectivity index (χ4v) is 1.68. The van der Waals surface area contributed by atoms with Crippen molar-refractivity contribution < 1.29 is 9.53 Å². The van der Waals surface area contributed by atoms with Crippen molar-refractivity contribution in [1.82, 2.24) is 9.97 Å². The maximum atomic E-state index is 11.6. The molecular formula is C13H13ClN4O2. The van der Waals surface area contributed by atoms with Crippen molar-refractivity contribution in [2.45, 2.75) is 6.92 Å². The lowest BCUT2D eigenvalue weighted by Crippen LogP contribution is -2.06. The van der Waals surface area contributed by atoms with Crippen LogP contribution in [0.15, 0.2) is 30.6 Å². The highest BCUT2D eigenvalue weighted by molar-refractivity contribution is 6.32. The first-order valence-corrected chi connectivity index (χ1v) is 6.29. The van der Waals surface area contributed by atoms with Gasteiger partial charge in [0.25, 0.3) is 0 Å². The number of hydrogen-bond donors (Lipinski definition) is 2. The molecule has 6 nitrogen and oxygen atoms in total. The molecule has 0 fully saturated rings. The predicted octanol–water partition coefficient (Wildman–Crippen LogP) is 2.63. The van der Waals surface area contributed by atoms with Crippen molar-refractivity contribution in [2.24, 2.45) is 0 Å². The van der Waals surface area contributed by atoms with Gasteiger partial charge in [0.05, 0.1) is 12.2 Å². The number of rotatable bonds is 4. The summed E-state index contributed by atoms with van der Waals surface area (Å²) in [6.07, 6.45) is 1.30. The molecule has 0 aliphatic heterocycles. The molecule has 20 heavy (non-hydrogen) atoms. The van der Waals surface area contributed by atoms with Crippen LogP contribution in [0, 0.1) is 0 Å². The van der Waals surface area contributed by atoms with Gasteiger partial charge in [0.2, 0.25) is 0 Å². The summed E-state index contributed by atoms with van der Waals surface area (Å²) in [6, 6.07) is 6.82. The average Bonchev–Trinajstić information content (AvgIpc) is 2.44. The molecule has 2 rings (SSSR count). The number of carbonyl (C=O) groups excluding carboxylic acids is 1. The lowest BCUT2D eigenvalue weighted by molar-refractivity contribution is 0.0526. The van der Waals surface area contributed by atoms with Gasteiger partial charge in [-0.25, -0.2) is 14.8 Å². The summed E-state index contributed by atoms with van der Waals surface area (Å²) in [6.45, 7) is 2.08. The van der Waals surface area contributed by atoms with Crippen LogP contribution >= 0.6 is 11.6 Å². The van der Waals surface area contributed by atoms with Crippen LogP contribution in [0.5, 0.6) is 0 Å². The highest BCUT2D eigenvalue weighted by Crippen LogP contribution is 2.25. The van der Waals surface area contributed by atoms with E-state index in [4.69, 9.17) is 22.1 Å². The lowest BCUT2D eigenvalue weighted by atomic mass is 10.2. The van der Waals surface area contributed by atoms with E-state index in [9.17, 15) is 4.79 Å². The van der Waals surface area contributed by atoms with Crippen LogP contribution in [0.25, 0.3) is 0 Å². The molecule has 0 aliphatic rings. The summed E-state index contributed by atoms with van der Waals surface area (Å²) in [5.41, 5.74) is 7.10. The smallest absolute Gasteiger partial charge is 0.338 e. The van der Waals surface area contributed by atoms with Crippen LogP contribution in [-0.4, -0.2) is 22.5 Å². The summed E-state index contributed by atoms with van der Waals surface area (Å²) in [7, 11) is 0. The molecular weight excluding hydrogens is 280 g/mol. The average molecular weight is 293 g/mol. The number of anilines is 3. The molecule has 104 valence electrons. The number of carbonyl (C=O) groups is 1. The van der Waals surface area contributed by atoms with Crippen molar-refractivity contribution >= 4 is 34.8 Å². The number of aromatic nitrogens is 2. The minimum Gasteiger partial charge on any atom is -0.462 e. The molecule has 1 aromatic heterocycles. The van der Waals surface area contributed by atoms with E-state index < -0.39 is 0 Å². The Hall–Kier alpha value is -2.34. The number of nitrogens with one attached hydrogen (secondary N) is 1. The van der Waals surface area contributed by atoms with Crippen LogP contribution in [0.2, 0.25) is 5.15 Å². The number of hydrogen-bond acceptors (Lipinski definition) is 6. The number of ether oxygens (including phenoxy) is 1. The van der Waals surface area contributed by atoms with E-state index in [-0.39, 0.29) is 16.8 Å². The standard InChI is InChI=1S/C13H13ClN4O2/c1-2-20-13(19)8-4-3-5-9(6-8)18-12-10(15)11(14)16-7-17-12/h3-7H,2,15H2,1H3,(H,16,17,18). The molecule has 0 spiro atoms. The topological polar surface area (TPSA) is 90.1 Å². The van der Waals surface area contributed by atoms with E-state index in [0.29, 0.717) is 23.7 Å². The third kappa shape index (κ3) is 3.16. The van der Waals surface area contributed by atoms with Crippen LogP contribution in [0.4, 0.5) is 17.2 Å². The highest BCUT2D eigenvalue weighted by atomic mass is 35.5. The van der Waals surface area contributed by atoms with Crippen LogP contribution < -0.4 is 11.1 Å². The molecule has 0 bridgehead atoms. The second-order valence-electron chi connectivity index (χ2n) is 3.85. The first kappa shape index (κ1) is 14.1. The molecule has 1 aromatic carbocycles. The third-order valence-corrected chi connectivity index (χ3v) is 2.77. The van der Waals surface area contributed by atoms with Crippen LogP contribution in [0.3, 0.4) is 0 Å². The zero-order valence-corrected chi connectivity index (χ0v) is 11.5. The predicted molar refractivity (Wildman–Crippen MR) is 77.1 cm³/mol. The van der Waals surface area contributed by atoms with E-state index >= 15 is 0 Å². The Kier molecular flexibility index (Phi) is 4.37. The summed E-state index contributed by atoms with van der Waals surface area (Å²) in [5.74, 6) is -0.00384. The lowest BCUT2D eigenvalue weighted by Gasteiger charge is -2.09. The first-order valence-electron chi connectivity index (χ1n) is 5.92. The van der Waals surface area contributed by atoms with Gasteiger partial charge in [-0.3, -0.25) is 0 Å². The van der Waals surface area contributed by atoms with Gasteiger partial charge in [0.1, 0.15) is 12.0 Å². The quantitative estimate of drug-likeness (QED) is 0.665. The Morgan fingerprint density at radius 1 is 1.45 bits per heavy atom. The van der Waals surface area contributed by atoms with Gasteiger partial charge in [0.15, 0.2) is 11.0 Å². The normalized spacial score (nSPS) is 10.1. The monoisotopic (exact) mass is 292 g/mol. The van der Waals surface area contributed by atoms with E-state index in [1.54, 1.807) is 31.2 Å². The molecule has 1 heterocycles. The van der Waals surface area contributed by atoms with Crippen molar-refractivity contribution in [2.75, 3.05) is 17.7 Å². The van der Waals surface area contributed by atoms with E-state index in [1.807, 2.05) is 0 Å². The summed E-state index contributed by atoms with van der Waals surface area (Å²) in [5, 5.41) is 3.15. The number of halogens is 1. The maximum absolute atomic E-state index is 11.6. The van der Waals surface area contributed by atoms with Crippen molar-refractivity contribution in [3.8, 4) is 0 Å². The molecule has 3 N–H and O–H groups in total. The SMILES string of the molecule is CCOC(=O)c1cccc(Nc2ncnc(Cl)c2N)c1. The summed E-state index contributed by atoms with van der Waals surface area (Å²) >= 11 is 5.81. The minimum absolute atomic E-state index is 0.170. The van der Waals surface area contributed by atoms with Crippen molar-refractivity contribution in [3.05, 3.63) is 41.3 Å². The molecule has 0 aliphatic carbocycles. The Balaban J connectivity index is 2.24. The molecule has 0 unspecified atom stereocenters. The van der Waals surface area contributed by atoms with Gasteiger partial charge >= 0.3 is 5.97 Å². The Bertz CT molecular complexity index is 634. The van der Waals surface area contributed by atoms with Gasteiger partial charge < -0.3 is 15.8 Å². The van der Waals surface area contributed by atoms with Gasteiger partial charge in [0, 0.05) is 5.69 Å². The van der Waals surface area contributed by atoms with Crippen molar-refractivity contribution in [1.29, 1.82) is 0 Å². The molecule has 0 saturated carbocycles. The van der Waals surface area contributed by atoms with Gasteiger partial charge in [-0.15, -0.1) is 0 Å². The van der Waals surface area contributed by atoms with E-state index in [1.165, 1.54) is 6.33 Å². The van der Waals surface area contributed by atoms with Crippen LogP contribution in [-0.2, 0) is 4.74 Å². The second-order valence-corrected chi connectivity index (χ2v) is 4.21. The zero-order valence-electron chi connectivity index (χ0n) is 10.8.